The summed E-state index contributed by atoms with van der Waals surface area (Å²) in [6, 6.07) is 9.64. The lowest BCUT2D eigenvalue weighted by Crippen LogP contribution is -2.26. The van der Waals surface area contributed by atoms with E-state index in [1.54, 1.807) is 7.05 Å². The van der Waals surface area contributed by atoms with E-state index in [4.69, 9.17) is 0 Å². The van der Waals surface area contributed by atoms with E-state index in [1.807, 2.05) is 43.3 Å². The van der Waals surface area contributed by atoms with E-state index in [2.05, 4.69) is 4.98 Å². The third-order valence-electron chi connectivity index (χ3n) is 3.52. The van der Waals surface area contributed by atoms with Crippen LogP contribution in [0.2, 0.25) is 0 Å². The van der Waals surface area contributed by atoms with Crippen LogP contribution in [0.3, 0.4) is 0 Å². The highest BCUT2D eigenvalue weighted by Crippen LogP contribution is 2.27. The second-order valence-electron chi connectivity index (χ2n) is 5.65. The van der Waals surface area contributed by atoms with Gasteiger partial charge in [-0.05, 0) is 29.8 Å². The molecule has 0 aliphatic rings. The molecule has 0 unspecified atom stereocenters. The van der Waals surface area contributed by atoms with Gasteiger partial charge in [0.2, 0.25) is 0 Å². The molecule has 1 heterocycles. The molecule has 1 aromatic carbocycles. The zero-order valence-electron chi connectivity index (χ0n) is 13.6. The Morgan fingerprint density at radius 1 is 1.04 bits per heavy atom. The summed E-state index contributed by atoms with van der Waals surface area (Å²) >= 11 is 0. The Kier molecular flexibility index (Phi) is 5.11. The minimum absolute atomic E-state index is 0.121. The van der Waals surface area contributed by atoms with E-state index in [1.165, 1.54) is 4.90 Å². The van der Waals surface area contributed by atoms with Crippen LogP contribution in [0.5, 0.6) is 0 Å². The van der Waals surface area contributed by atoms with Crippen molar-refractivity contribution in [2.75, 3.05) is 26.0 Å². The largest absolute Gasteiger partial charge is 0.433 e. The van der Waals surface area contributed by atoms with Gasteiger partial charge in [0.25, 0.3) is 5.91 Å². The number of benzene rings is 1. The lowest BCUT2D eigenvalue weighted by molar-refractivity contribution is -0.141. The second-order valence-corrected chi connectivity index (χ2v) is 5.65. The highest BCUT2D eigenvalue weighted by atomic mass is 19.4. The molecule has 0 aliphatic heterocycles. The number of aromatic nitrogens is 1. The molecule has 2 rings (SSSR count). The molecule has 128 valence electrons. The van der Waals surface area contributed by atoms with Gasteiger partial charge in [-0.3, -0.25) is 9.78 Å². The van der Waals surface area contributed by atoms with Crippen molar-refractivity contribution >= 4 is 11.6 Å². The fraction of sp³-hybridized carbons (Fsp3) is 0.294. The van der Waals surface area contributed by atoms with E-state index in [9.17, 15) is 18.0 Å². The molecule has 0 bridgehead atoms. The van der Waals surface area contributed by atoms with Gasteiger partial charge in [0.05, 0.1) is 5.56 Å². The van der Waals surface area contributed by atoms with Crippen LogP contribution in [0.1, 0.15) is 21.6 Å². The number of nitrogens with zero attached hydrogens (tertiary/aromatic N) is 3. The van der Waals surface area contributed by atoms with Gasteiger partial charge >= 0.3 is 6.18 Å². The molecule has 0 N–H and O–H groups in total. The highest BCUT2D eigenvalue weighted by molar-refractivity contribution is 5.93. The number of hydrogen-bond donors (Lipinski definition) is 0. The fourth-order valence-corrected chi connectivity index (χ4v) is 2.15. The van der Waals surface area contributed by atoms with Crippen molar-refractivity contribution in [3.05, 3.63) is 59.4 Å². The van der Waals surface area contributed by atoms with E-state index in [0.717, 1.165) is 29.6 Å². The summed E-state index contributed by atoms with van der Waals surface area (Å²) in [5.41, 5.74) is 1.08. The molecule has 1 aromatic heterocycles. The number of hydrogen-bond acceptors (Lipinski definition) is 3. The van der Waals surface area contributed by atoms with Gasteiger partial charge in [0.15, 0.2) is 0 Å². The Morgan fingerprint density at radius 3 is 2.12 bits per heavy atom. The number of rotatable bonds is 4. The van der Waals surface area contributed by atoms with Crippen LogP contribution in [-0.2, 0) is 12.7 Å². The minimum Gasteiger partial charge on any atom is -0.378 e. The molecular weight excluding hydrogens is 319 g/mol. The number of alkyl halides is 3. The van der Waals surface area contributed by atoms with Crippen LogP contribution < -0.4 is 4.90 Å². The molecule has 4 nitrogen and oxygen atoms in total. The summed E-state index contributed by atoms with van der Waals surface area (Å²) in [6.45, 7) is 0.355. The molecule has 0 saturated heterocycles. The Bertz CT molecular complexity index is 695. The molecule has 0 radical (unpaired) electrons. The Labute approximate surface area is 138 Å². The lowest BCUT2D eigenvalue weighted by Gasteiger charge is -2.18. The first-order chi connectivity index (χ1) is 11.2. The summed E-state index contributed by atoms with van der Waals surface area (Å²) in [7, 11) is 5.46. The summed E-state index contributed by atoms with van der Waals surface area (Å²) in [5, 5.41) is 0. The first-order valence-electron chi connectivity index (χ1n) is 7.23. The van der Waals surface area contributed by atoms with Gasteiger partial charge < -0.3 is 9.80 Å². The van der Waals surface area contributed by atoms with Crippen molar-refractivity contribution in [1.29, 1.82) is 0 Å². The monoisotopic (exact) mass is 337 g/mol. The Morgan fingerprint density at radius 2 is 1.67 bits per heavy atom. The number of pyridine rings is 1. The standard InChI is InChI=1S/C17H18F3N3O/c1-22(2)14-7-4-12(5-8-14)11-23(3)16(24)13-6-9-15(21-10-13)17(18,19)20/h4-10H,11H2,1-3H3. The summed E-state index contributed by atoms with van der Waals surface area (Å²) in [4.78, 5) is 19.0. The maximum Gasteiger partial charge on any atom is 0.433 e. The van der Waals surface area contributed by atoms with Crippen LogP contribution in [0, 0.1) is 0 Å². The van der Waals surface area contributed by atoms with Crippen molar-refractivity contribution in [3.8, 4) is 0 Å². The third-order valence-corrected chi connectivity index (χ3v) is 3.52. The number of carbonyl (C=O) groups excluding carboxylic acids is 1. The quantitative estimate of drug-likeness (QED) is 0.857. The van der Waals surface area contributed by atoms with Gasteiger partial charge in [0.1, 0.15) is 5.69 Å². The zero-order valence-corrected chi connectivity index (χ0v) is 13.6. The van der Waals surface area contributed by atoms with Gasteiger partial charge in [0, 0.05) is 39.6 Å². The van der Waals surface area contributed by atoms with Crippen molar-refractivity contribution < 1.29 is 18.0 Å². The van der Waals surface area contributed by atoms with Crippen molar-refractivity contribution in [2.24, 2.45) is 0 Å². The maximum atomic E-state index is 12.5. The van der Waals surface area contributed by atoms with Crippen LogP contribution in [0.15, 0.2) is 42.6 Å². The van der Waals surface area contributed by atoms with Gasteiger partial charge in [-0.1, -0.05) is 12.1 Å². The maximum absolute atomic E-state index is 12.5. The molecule has 0 atom stereocenters. The average Bonchev–Trinajstić information content (AvgIpc) is 2.54. The lowest BCUT2D eigenvalue weighted by atomic mass is 10.1. The zero-order chi connectivity index (χ0) is 17.9. The first kappa shape index (κ1) is 17.8. The van der Waals surface area contributed by atoms with Crippen LogP contribution >= 0.6 is 0 Å². The highest BCUT2D eigenvalue weighted by Gasteiger charge is 2.32. The molecule has 2 aromatic rings. The van der Waals surface area contributed by atoms with Gasteiger partial charge in [-0.25, -0.2) is 0 Å². The smallest absolute Gasteiger partial charge is 0.378 e. The van der Waals surface area contributed by atoms with Crippen LogP contribution in [0.4, 0.5) is 18.9 Å². The molecule has 0 saturated carbocycles. The van der Waals surface area contributed by atoms with E-state index in [-0.39, 0.29) is 11.5 Å². The topological polar surface area (TPSA) is 36.4 Å². The normalized spacial score (nSPS) is 11.2. The number of anilines is 1. The Hall–Kier alpha value is -2.57. The predicted octanol–water partition coefficient (Wildman–Crippen LogP) is 3.44. The molecular formula is C17H18F3N3O. The minimum atomic E-state index is -4.51. The second kappa shape index (κ2) is 6.90. The van der Waals surface area contributed by atoms with Crippen molar-refractivity contribution in [3.63, 3.8) is 0 Å². The molecule has 0 fully saturated rings. The molecule has 7 heteroatoms. The number of amides is 1. The number of carbonyl (C=O) groups is 1. The summed E-state index contributed by atoms with van der Waals surface area (Å²) in [5.74, 6) is -0.382. The first-order valence-corrected chi connectivity index (χ1v) is 7.23. The average molecular weight is 337 g/mol. The molecule has 24 heavy (non-hydrogen) atoms. The van der Waals surface area contributed by atoms with Crippen molar-refractivity contribution in [1.82, 2.24) is 9.88 Å². The summed E-state index contributed by atoms with van der Waals surface area (Å²) in [6.07, 6.45) is -3.56. The van der Waals surface area contributed by atoms with E-state index < -0.39 is 11.9 Å². The third kappa shape index (κ3) is 4.24. The van der Waals surface area contributed by atoms with Crippen molar-refractivity contribution in [2.45, 2.75) is 12.7 Å². The fourth-order valence-electron chi connectivity index (χ4n) is 2.15. The van der Waals surface area contributed by atoms with Crippen LogP contribution in [0.25, 0.3) is 0 Å². The summed E-state index contributed by atoms with van der Waals surface area (Å²) < 4.78 is 37.5. The van der Waals surface area contributed by atoms with E-state index >= 15 is 0 Å². The molecule has 0 aliphatic carbocycles. The van der Waals surface area contributed by atoms with Gasteiger partial charge in [-0.15, -0.1) is 0 Å². The number of halogens is 3. The Balaban J connectivity index is 2.06. The van der Waals surface area contributed by atoms with Crippen LogP contribution in [-0.4, -0.2) is 36.9 Å². The molecule has 1 amide bonds. The SMILES string of the molecule is CN(Cc1ccc(N(C)C)cc1)C(=O)c1ccc(C(F)(F)F)nc1. The van der Waals surface area contributed by atoms with E-state index in [0.29, 0.717) is 6.54 Å². The molecule has 0 spiro atoms. The van der Waals surface area contributed by atoms with Gasteiger partial charge in [-0.2, -0.15) is 13.2 Å². The predicted molar refractivity (Wildman–Crippen MR) is 85.8 cm³/mol.